The van der Waals surface area contributed by atoms with Crippen molar-refractivity contribution in [2.75, 3.05) is 18.0 Å². The number of carbonyl (C=O) groups excluding carboxylic acids is 1. The molecule has 0 aromatic carbocycles. The van der Waals surface area contributed by atoms with Crippen LogP contribution in [0.5, 0.6) is 0 Å². The highest BCUT2D eigenvalue weighted by molar-refractivity contribution is 7.18. The first-order chi connectivity index (χ1) is 12.5. The summed E-state index contributed by atoms with van der Waals surface area (Å²) < 4.78 is 0. The molecule has 3 heterocycles. The number of anilines is 1. The van der Waals surface area contributed by atoms with Crippen LogP contribution in [-0.4, -0.2) is 45.9 Å². The molecule has 2 fully saturated rings. The van der Waals surface area contributed by atoms with Gasteiger partial charge in [0.2, 0.25) is 5.91 Å². The predicted molar refractivity (Wildman–Crippen MR) is 107 cm³/mol. The minimum Gasteiger partial charge on any atom is -0.356 e. The van der Waals surface area contributed by atoms with E-state index in [1.165, 1.54) is 28.7 Å². The minimum absolute atomic E-state index is 0.164. The molecule has 0 bridgehead atoms. The van der Waals surface area contributed by atoms with Crippen molar-refractivity contribution in [2.24, 2.45) is 5.92 Å². The van der Waals surface area contributed by atoms with E-state index in [4.69, 9.17) is 0 Å². The molecule has 0 unspecified atom stereocenters. The van der Waals surface area contributed by atoms with E-state index in [0.717, 1.165) is 36.6 Å². The molecule has 1 saturated heterocycles. The van der Waals surface area contributed by atoms with Crippen molar-refractivity contribution in [1.29, 1.82) is 0 Å². The van der Waals surface area contributed by atoms with Gasteiger partial charge in [-0.3, -0.25) is 4.79 Å². The highest BCUT2D eigenvalue weighted by atomic mass is 32.1. The summed E-state index contributed by atoms with van der Waals surface area (Å²) in [6, 6.07) is 0.810. The Morgan fingerprint density at radius 1 is 1.19 bits per heavy atom. The summed E-state index contributed by atoms with van der Waals surface area (Å²) in [5.74, 6) is 1.58. The Bertz CT molecular complexity index is 817. The Balaban J connectivity index is 1.50. The third-order valence-electron chi connectivity index (χ3n) is 5.84. The molecule has 0 N–H and O–H groups in total. The zero-order valence-corrected chi connectivity index (χ0v) is 17.0. The Hall–Kier alpha value is -1.69. The summed E-state index contributed by atoms with van der Waals surface area (Å²) >= 11 is 1.74. The van der Waals surface area contributed by atoms with E-state index in [0.29, 0.717) is 18.0 Å². The molecule has 1 aliphatic carbocycles. The topological polar surface area (TPSA) is 49.3 Å². The smallest absolute Gasteiger partial charge is 0.226 e. The SMILES string of the molecule is Cc1sc2ncnc(N3CCC(C(=O)N(C(C)C)C4CC4)CC3)c2c1C. The van der Waals surface area contributed by atoms with Gasteiger partial charge in [-0.15, -0.1) is 11.3 Å². The largest absolute Gasteiger partial charge is 0.356 e. The summed E-state index contributed by atoms with van der Waals surface area (Å²) in [4.78, 5) is 29.0. The van der Waals surface area contributed by atoms with Gasteiger partial charge in [-0.2, -0.15) is 0 Å². The fourth-order valence-corrected chi connectivity index (χ4v) is 5.15. The minimum atomic E-state index is 0.164. The number of carbonyl (C=O) groups is 1. The van der Waals surface area contributed by atoms with Gasteiger partial charge in [0, 0.05) is 36.0 Å². The molecule has 0 spiro atoms. The van der Waals surface area contributed by atoms with E-state index < -0.39 is 0 Å². The number of hydrogen-bond acceptors (Lipinski definition) is 5. The van der Waals surface area contributed by atoms with Crippen molar-refractivity contribution in [2.45, 2.75) is 65.5 Å². The highest BCUT2D eigenvalue weighted by Crippen LogP contribution is 2.36. The zero-order valence-electron chi connectivity index (χ0n) is 16.2. The van der Waals surface area contributed by atoms with Crippen LogP contribution in [0.2, 0.25) is 0 Å². The second-order valence-corrected chi connectivity index (χ2v) is 9.20. The van der Waals surface area contributed by atoms with Gasteiger partial charge in [0.15, 0.2) is 0 Å². The molecular weight excluding hydrogens is 344 g/mol. The van der Waals surface area contributed by atoms with Crippen molar-refractivity contribution in [3.8, 4) is 0 Å². The maximum atomic E-state index is 13.0. The number of aryl methyl sites for hydroxylation is 2. The van der Waals surface area contributed by atoms with Gasteiger partial charge in [-0.1, -0.05) is 0 Å². The molecule has 140 valence electrons. The number of fused-ring (bicyclic) bond motifs is 1. The monoisotopic (exact) mass is 372 g/mol. The summed E-state index contributed by atoms with van der Waals surface area (Å²) in [5.41, 5.74) is 1.29. The Morgan fingerprint density at radius 2 is 1.88 bits per heavy atom. The van der Waals surface area contributed by atoms with Crippen LogP contribution in [0.4, 0.5) is 5.82 Å². The van der Waals surface area contributed by atoms with Gasteiger partial charge in [0.25, 0.3) is 0 Å². The molecule has 0 atom stereocenters. The molecule has 4 rings (SSSR count). The molecule has 1 saturated carbocycles. The van der Waals surface area contributed by atoms with Crippen molar-refractivity contribution in [3.05, 3.63) is 16.8 Å². The molecule has 1 aliphatic heterocycles. The number of thiophene rings is 1. The Labute approximate surface area is 159 Å². The lowest BCUT2D eigenvalue weighted by atomic mass is 9.94. The summed E-state index contributed by atoms with van der Waals surface area (Å²) in [5, 5.41) is 1.20. The third-order valence-corrected chi connectivity index (χ3v) is 6.96. The van der Waals surface area contributed by atoms with Crippen molar-refractivity contribution >= 4 is 33.3 Å². The lowest BCUT2D eigenvalue weighted by Crippen LogP contribution is -2.46. The molecule has 5 nitrogen and oxygen atoms in total. The highest BCUT2D eigenvalue weighted by Gasteiger charge is 2.38. The summed E-state index contributed by atoms with van der Waals surface area (Å²) in [7, 11) is 0. The number of piperidine rings is 1. The average molecular weight is 373 g/mol. The van der Waals surface area contributed by atoms with E-state index in [1.807, 2.05) is 0 Å². The van der Waals surface area contributed by atoms with Crippen LogP contribution in [0.15, 0.2) is 6.33 Å². The van der Waals surface area contributed by atoms with Crippen LogP contribution in [0, 0.1) is 19.8 Å². The lowest BCUT2D eigenvalue weighted by Gasteiger charge is -2.36. The molecule has 6 heteroatoms. The first kappa shape index (κ1) is 17.7. The van der Waals surface area contributed by atoms with E-state index in [1.54, 1.807) is 17.7 Å². The summed E-state index contributed by atoms with van der Waals surface area (Å²) in [6.45, 7) is 10.4. The number of aromatic nitrogens is 2. The van der Waals surface area contributed by atoms with Crippen LogP contribution in [0.1, 0.15) is 50.0 Å². The van der Waals surface area contributed by atoms with Gasteiger partial charge < -0.3 is 9.80 Å². The molecule has 0 radical (unpaired) electrons. The number of hydrogen-bond donors (Lipinski definition) is 0. The van der Waals surface area contributed by atoms with Crippen LogP contribution < -0.4 is 4.90 Å². The van der Waals surface area contributed by atoms with Crippen LogP contribution >= 0.6 is 11.3 Å². The van der Waals surface area contributed by atoms with Gasteiger partial charge in [0.1, 0.15) is 17.0 Å². The lowest BCUT2D eigenvalue weighted by molar-refractivity contribution is -0.138. The molecule has 1 amide bonds. The van der Waals surface area contributed by atoms with Crippen molar-refractivity contribution in [1.82, 2.24) is 14.9 Å². The average Bonchev–Trinajstić information content (AvgIpc) is 3.41. The molecule has 2 aliphatic rings. The fourth-order valence-electron chi connectivity index (χ4n) is 4.16. The standard InChI is InChI=1S/C20H28N4OS/c1-12(2)24(16-5-6-16)20(25)15-7-9-23(10-8-15)18-17-13(3)14(4)26-19(17)22-11-21-18/h11-12,15-16H,5-10H2,1-4H3. The number of rotatable bonds is 4. The van der Waals surface area contributed by atoms with Gasteiger partial charge in [0.05, 0.1) is 5.39 Å². The second-order valence-electron chi connectivity index (χ2n) is 7.99. The quantitative estimate of drug-likeness (QED) is 0.816. The Kier molecular flexibility index (Phi) is 4.63. The maximum Gasteiger partial charge on any atom is 0.226 e. The summed E-state index contributed by atoms with van der Waals surface area (Å²) in [6.07, 6.45) is 5.87. The maximum absolute atomic E-state index is 13.0. The molecule has 2 aromatic heterocycles. The number of amides is 1. The fraction of sp³-hybridized carbons (Fsp3) is 0.650. The normalized spacial score (nSPS) is 18.7. The molecule has 2 aromatic rings. The van der Waals surface area contributed by atoms with Gasteiger partial charge in [-0.05, 0) is 58.9 Å². The predicted octanol–water partition coefficient (Wildman–Crippen LogP) is 3.92. The second kappa shape index (κ2) is 6.80. The van der Waals surface area contributed by atoms with Crippen LogP contribution in [0.25, 0.3) is 10.2 Å². The first-order valence-electron chi connectivity index (χ1n) is 9.75. The molecule has 26 heavy (non-hydrogen) atoms. The van der Waals surface area contributed by atoms with E-state index in [9.17, 15) is 4.79 Å². The Morgan fingerprint density at radius 3 is 2.50 bits per heavy atom. The third kappa shape index (κ3) is 3.08. The zero-order chi connectivity index (χ0) is 18.4. The van der Waals surface area contributed by atoms with Crippen LogP contribution in [0.3, 0.4) is 0 Å². The van der Waals surface area contributed by atoms with Crippen LogP contribution in [-0.2, 0) is 4.79 Å². The molecular formula is C20H28N4OS. The van der Waals surface area contributed by atoms with Crippen molar-refractivity contribution in [3.63, 3.8) is 0 Å². The van der Waals surface area contributed by atoms with Gasteiger partial charge >= 0.3 is 0 Å². The first-order valence-corrected chi connectivity index (χ1v) is 10.6. The van der Waals surface area contributed by atoms with Gasteiger partial charge in [-0.25, -0.2) is 9.97 Å². The van der Waals surface area contributed by atoms with E-state index >= 15 is 0 Å². The van der Waals surface area contributed by atoms with E-state index in [-0.39, 0.29) is 5.92 Å². The van der Waals surface area contributed by atoms with Crippen molar-refractivity contribution < 1.29 is 4.79 Å². The number of nitrogens with zero attached hydrogens (tertiary/aromatic N) is 4. The van der Waals surface area contributed by atoms with E-state index in [2.05, 4.69) is 47.5 Å².